The fourth-order valence-corrected chi connectivity index (χ4v) is 1.73. The van der Waals surface area contributed by atoms with Crippen molar-refractivity contribution in [3.8, 4) is 0 Å². The number of benzene rings is 2. The van der Waals surface area contributed by atoms with Crippen LogP contribution >= 0.6 is 23.5 Å². The molecule has 0 unspecified atom stereocenters. The van der Waals surface area contributed by atoms with Gasteiger partial charge in [-0.1, -0.05) is 23.7 Å². The number of hydrogen-bond acceptors (Lipinski definition) is 3. The molecule has 0 radical (unpaired) electrons. The topological polar surface area (TPSA) is 38.4 Å². The monoisotopic (exact) mass is 262 g/mol. The zero-order valence-electron chi connectivity index (χ0n) is 9.01. The molecule has 0 heterocycles. The third-order valence-corrected chi connectivity index (χ3v) is 3.00. The van der Waals surface area contributed by atoms with Crippen molar-refractivity contribution in [3.05, 3.63) is 59.1 Å². The highest BCUT2D eigenvalue weighted by molar-refractivity contribution is 7.97. The van der Waals surface area contributed by atoms with Crippen molar-refractivity contribution in [2.45, 2.75) is 4.90 Å². The van der Waals surface area contributed by atoms with E-state index < -0.39 is 0 Å². The molecular weight excluding hydrogens is 252 g/mol. The highest BCUT2D eigenvalue weighted by Crippen LogP contribution is 2.18. The summed E-state index contributed by atoms with van der Waals surface area (Å²) in [5.74, 6) is 0. The highest BCUT2D eigenvalue weighted by Gasteiger charge is 1.92. The molecule has 0 saturated carbocycles. The summed E-state index contributed by atoms with van der Waals surface area (Å²) in [6, 6.07) is 15.3. The molecule has 0 aromatic heterocycles. The van der Waals surface area contributed by atoms with Crippen LogP contribution in [-0.2, 0) is 0 Å². The van der Waals surface area contributed by atoms with E-state index in [1.807, 2.05) is 48.5 Å². The van der Waals surface area contributed by atoms with Gasteiger partial charge in [-0.25, -0.2) is 0 Å². The molecule has 2 N–H and O–H groups in total. The fourth-order valence-electron chi connectivity index (χ4n) is 1.31. The first-order valence-corrected chi connectivity index (χ1v) is 6.30. The van der Waals surface area contributed by atoms with E-state index in [9.17, 15) is 0 Å². The van der Waals surface area contributed by atoms with Gasteiger partial charge < -0.3 is 0 Å². The van der Waals surface area contributed by atoms with E-state index >= 15 is 0 Å². The molecule has 0 fully saturated rings. The molecule has 4 heteroatoms. The van der Waals surface area contributed by atoms with E-state index in [0.717, 1.165) is 21.2 Å². The standard InChI is InChI=1S/C13H11ClN2S/c14-11-3-1-10(2-4-11)9-16-12-5-7-13(17-15)8-6-12/h1-9H,15H2. The normalized spacial score (nSPS) is 10.9. The van der Waals surface area contributed by atoms with Gasteiger partial charge in [0, 0.05) is 16.1 Å². The molecule has 17 heavy (non-hydrogen) atoms. The zero-order valence-corrected chi connectivity index (χ0v) is 10.6. The van der Waals surface area contributed by atoms with Crippen LogP contribution in [0, 0.1) is 0 Å². The van der Waals surface area contributed by atoms with Crippen LogP contribution in [0.4, 0.5) is 5.69 Å². The van der Waals surface area contributed by atoms with Gasteiger partial charge in [0.25, 0.3) is 0 Å². The predicted octanol–water partition coefficient (Wildman–Crippen LogP) is 4.06. The van der Waals surface area contributed by atoms with Crippen molar-refractivity contribution in [1.29, 1.82) is 0 Å². The summed E-state index contributed by atoms with van der Waals surface area (Å²) in [6.45, 7) is 0. The smallest absolute Gasteiger partial charge is 0.0630 e. The quantitative estimate of drug-likeness (QED) is 0.669. The molecule has 0 spiro atoms. The lowest BCUT2D eigenvalue weighted by atomic mass is 10.2. The Kier molecular flexibility index (Phi) is 4.20. The lowest BCUT2D eigenvalue weighted by Gasteiger charge is -1.97. The second kappa shape index (κ2) is 5.87. The van der Waals surface area contributed by atoms with Gasteiger partial charge in [-0.2, -0.15) is 0 Å². The average Bonchev–Trinajstić information content (AvgIpc) is 2.39. The largest absolute Gasteiger partial charge is 0.274 e. The van der Waals surface area contributed by atoms with Gasteiger partial charge in [0.2, 0.25) is 0 Å². The molecule has 86 valence electrons. The summed E-state index contributed by atoms with van der Waals surface area (Å²) in [5.41, 5.74) is 1.92. The summed E-state index contributed by atoms with van der Waals surface area (Å²) < 4.78 is 0. The van der Waals surface area contributed by atoms with Crippen molar-refractivity contribution in [1.82, 2.24) is 0 Å². The van der Waals surface area contributed by atoms with Crippen LogP contribution < -0.4 is 5.14 Å². The fraction of sp³-hybridized carbons (Fsp3) is 0. The van der Waals surface area contributed by atoms with Crippen LogP contribution in [0.2, 0.25) is 5.02 Å². The Morgan fingerprint density at radius 2 is 1.65 bits per heavy atom. The van der Waals surface area contributed by atoms with E-state index in [4.69, 9.17) is 16.7 Å². The summed E-state index contributed by atoms with van der Waals surface area (Å²) in [6.07, 6.45) is 1.81. The van der Waals surface area contributed by atoms with Gasteiger partial charge in [-0.05, 0) is 53.9 Å². The Morgan fingerprint density at radius 1 is 1.00 bits per heavy atom. The molecule has 0 aliphatic heterocycles. The number of halogens is 1. The van der Waals surface area contributed by atoms with E-state index in [1.54, 1.807) is 6.21 Å². The third-order valence-electron chi connectivity index (χ3n) is 2.21. The Labute approximate surface area is 110 Å². The lowest BCUT2D eigenvalue weighted by molar-refractivity contribution is 1.42. The molecule has 2 rings (SSSR count). The van der Waals surface area contributed by atoms with Gasteiger partial charge in [-0.15, -0.1) is 0 Å². The molecule has 0 atom stereocenters. The van der Waals surface area contributed by atoms with E-state index in [-0.39, 0.29) is 0 Å². The summed E-state index contributed by atoms with van der Waals surface area (Å²) in [4.78, 5) is 5.39. The van der Waals surface area contributed by atoms with Gasteiger partial charge in [-0.3, -0.25) is 10.1 Å². The summed E-state index contributed by atoms with van der Waals surface area (Å²) in [5, 5.41) is 6.17. The predicted molar refractivity (Wildman–Crippen MR) is 75.2 cm³/mol. The first-order chi connectivity index (χ1) is 8.28. The summed E-state index contributed by atoms with van der Waals surface area (Å²) >= 11 is 7.03. The van der Waals surface area contributed by atoms with Crippen LogP contribution in [-0.4, -0.2) is 6.21 Å². The van der Waals surface area contributed by atoms with E-state index in [2.05, 4.69) is 4.99 Å². The summed E-state index contributed by atoms with van der Waals surface area (Å²) in [7, 11) is 0. The molecular formula is C13H11ClN2S. The first kappa shape index (κ1) is 12.2. The maximum absolute atomic E-state index is 5.80. The second-order valence-corrected chi connectivity index (χ2v) is 4.57. The minimum absolute atomic E-state index is 0.728. The zero-order chi connectivity index (χ0) is 12.1. The molecule has 0 aliphatic rings. The molecule has 0 aliphatic carbocycles. The Balaban J connectivity index is 2.11. The van der Waals surface area contributed by atoms with Crippen LogP contribution in [0.1, 0.15) is 5.56 Å². The molecule has 2 nitrogen and oxygen atoms in total. The average molecular weight is 263 g/mol. The SMILES string of the molecule is NSc1ccc(N=Cc2ccc(Cl)cc2)cc1. The molecule has 0 amide bonds. The van der Waals surface area contributed by atoms with Gasteiger partial charge in [0.05, 0.1) is 5.69 Å². The van der Waals surface area contributed by atoms with Gasteiger partial charge >= 0.3 is 0 Å². The van der Waals surface area contributed by atoms with Crippen LogP contribution in [0.15, 0.2) is 58.4 Å². The van der Waals surface area contributed by atoms with Crippen LogP contribution in [0.5, 0.6) is 0 Å². The van der Waals surface area contributed by atoms with Gasteiger partial charge in [0.15, 0.2) is 0 Å². The van der Waals surface area contributed by atoms with E-state index in [0.29, 0.717) is 0 Å². The van der Waals surface area contributed by atoms with Crippen molar-refractivity contribution >= 4 is 35.5 Å². The number of aliphatic imine (C=N–C) groups is 1. The number of nitrogens with zero attached hydrogens (tertiary/aromatic N) is 1. The Bertz CT molecular complexity index is 506. The number of nitrogens with two attached hydrogens (primary N) is 1. The Hall–Kier alpha value is -1.29. The minimum Gasteiger partial charge on any atom is -0.274 e. The van der Waals surface area contributed by atoms with Crippen LogP contribution in [0.3, 0.4) is 0 Å². The Morgan fingerprint density at radius 3 is 2.24 bits per heavy atom. The maximum atomic E-state index is 5.80. The second-order valence-electron chi connectivity index (χ2n) is 3.42. The molecule has 0 saturated heterocycles. The maximum Gasteiger partial charge on any atom is 0.0630 e. The number of rotatable bonds is 3. The van der Waals surface area contributed by atoms with Crippen molar-refractivity contribution in [3.63, 3.8) is 0 Å². The highest BCUT2D eigenvalue weighted by atomic mass is 35.5. The van der Waals surface area contributed by atoms with Crippen molar-refractivity contribution < 1.29 is 0 Å². The lowest BCUT2D eigenvalue weighted by Crippen LogP contribution is -1.80. The third kappa shape index (κ3) is 3.60. The molecule has 2 aromatic rings. The minimum atomic E-state index is 0.728. The first-order valence-electron chi connectivity index (χ1n) is 5.04. The van der Waals surface area contributed by atoms with Crippen LogP contribution in [0.25, 0.3) is 0 Å². The number of hydrogen-bond donors (Lipinski definition) is 1. The van der Waals surface area contributed by atoms with Crippen molar-refractivity contribution in [2.24, 2.45) is 10.1 Å². The molecule has 2 aromatic carbocycles. The van der Waals surface area contributed by atoms with Crippen molar-refractivity contribution in [2.75, 3.05) is 0 Å². The molecule has 0 bridgehead atoms. The van der Waals surface area contributed by atoms with Gasteiger partial charge in [0.1, 0.15) is 0 Å². The van der Waals surface area contributed by atoms with E-state index in [1.165, 1.54) is 11.9 Å².